The minimum Gasteiger partial charge on any atom is -0.495 e. The highest BCUT2D eigenvalue weighted by Crippen LogP contribution is 2.32. The first-order valence-corrected chi connectivity index (χ1v) is 11.1. The van der Waals surface area contributed by atoms with Gasteiger partial charge in [-0.25, -0.2) is 9.78 Å². The number of rotatable bonds is 6. The van der Waals surface area contributed by atoms with E-state index in [0.717, 1.165) is 35.8 Å². The summed E-state index contributed by atoms with van der Waals surface area (Å²) >= 11 is 11.2. The van der Waals surface area contributed by atoms with Crippen LogP contribution in [0.4, 0.5) is 0 Å². The Hall–Kier alpha value is -1.31. The molecule has 0 radical (unpaired) electrons. The van der Waals surface area contributed by atoms with Crippen LogP contribution in [-0.4, -0.2) is 33.4 Å². The molecule has 3 rings (SSSR count). The van der Waals surface area contributed by atoms with E-state index in [-0.39, 0.29) is 4.91 Å². The molecule has 0 aliphatic carbocycles. The maximum absolute atomic E-state index is 11.7. The lowest BCUT2D eigenvalue weighted by atomic mass is 10.2. The summed E-state index contributed by atoms with van der Waals surface area (Å²) in [5.74, 6) is 0.255. The number of carboxylic acids is 1. The van der Waals surface area contributed by atoms with Crippen LogP contribution in [0, 0.1) is 7.14 Å². The number of H-pyrrole nitrogens is 1. The van der Waals surface area contributed by atoms with E-state index in [1.54, 1.807) is 25.3 Å². The van der Waals surface area contributed by atoms with E-state index in [0.29, 0.717) is 16.0 Å². The minimum atomic E-state index is -1.05. The van der Waals surface area contributed by atoms with Crippen molar-refractivity contribution in [3.8, 4) is 17.1 Å². The number of halogens is 3. The molecular formula is C18H12ClI2N3O3S. The first-order valence-electron chi connectivity index (χ1n) is 7.71. The molecule has 2 aromatic carbocycles. The molecule has 0 fully saturated rings. The van der Waals surface area contributed by atoms with E-state index in [2.05, 4.69) is 60.4 Å². The number of hydrogen-bond donors (Lipinski definition) is 2. The van der Waals surface area contributed by atoms with Gasteiger partial charge in [0.15, 0.2) is 5.82 Å². The number of methoxy groups -OCH3 is 1. The Morgan fingerprint density at radius 3 is 2.46 bits per heavy atom. The molecule has 28 heavy (non-hydrogen) atoms. The molecule has 0 saturated carbocycles. The number of aliphatic carboxylic acids is 1. The predicted octanol–water partition coefficient (Wildman–Crippen LogP) is 5.56. The molecule has 1 aromatic heterocycles. The summed E-state index contributed by atoms with van der Waals surface area (Å²) in [5, 5.41) is 17.5. The third kappa shape index (κ3) is 5.19. The van der Waals surface area contributed by atoms with Crippen LogP contribution >= 0.6 is 68.5 Å². The van der Waals surface area contributed by atoms with Crippen molar-refractivity contribution in [1.29, 1.82) is 0 Å². The Kier molecular flexibility index (Phi) is 7.23. The van der Waals surface area contributed by atoms with Crippen molar-refractivity contribution in [1.82, 2.24) is 15.2 Å². The number of benzene rings is 2. The number of nitrogens with one attached hydrogen (secondary N) is 1. The quantitative estimate of drug-likeness (QED) is 0.209. The van der Waals surface area contributed by atoms with Gasteiger partial charge in [0.1, 0.15) is 10.7 Å². The summed E-state index contributed by atoms with van der Waals surface area (Å²) in [7, 11) is 1.61. The average molecular weight is 640 g/mol. The van der Waals surface area contributed by atoms with Crippen LogP contribution in [0.25, 0.3) is 17.5 Å². The fourth-order valence-electron chi connectivity index (χ4n) is 2.27. The number of carbonyl (C=O) groups is 1. The van der Waals surface area contributed by atoms with Gasteiger partial charge in [-0.2, -0.15) is 0 Å². The maximum Gasteiger partial charge on any atom is 0.342 e. The molecule has 3 aromatic rings. The van der Waals surface area contributed by atoms with Gasteiger partial charge in [0.2, 0.25) is 5.16 Å². The molecule has 0 bridgehead atoms. The van der Waals surface area contributed by atoms with Crippen molar-refractivity contribution in [2.24, 2.45) is 0 Å². The highest BCUT2D eigenvalue weighted by Gasteiger charge is 2.15. The molecule has 0 aliphatic heterocycles. The first-order chi connectivity index (χ1) is 13.4. The Morgan fingerprint density at radius 1 is 1.25 bits per heavy atom. The molecule has 2 N–H and O–H groups in total. The molecular weight excluding hydrogens is 628 g/mol. The number of hydrogen-bond acceptors (Lipinski definition) is 5. The third-order valence-electron chi connectivity index (χ3n) is 3.52. The van der Waals surface area contributed by atoms with Crippen LogP contribution in [0.2, 0.25) is 5.02 Å². The van der Waals surface area contributed by atoms with Gasteiger partial charge in [0.05, 0.1) is 14.3 Å². The van der Waals surface area contributed by atoms with Gasteiger partial charge in [-0.15, -0.1) is 5.10 Å². The summed E-state index contributed by atoms with van der Waals surface area (Å²) in [6, 6.07) is 10.9. The van der Waals surface area contributed by atoms with Crippen LogP contribution in [0.15, 0.2) is 46.5 Å². The van der Waals surface area contributed by atoms with Crippen LogP contribution in [0.5, 0.6) is 5.75 Å². The van der Waals surface area contributed by atoms with Gasteiger partial charge in [0, 0.05) is 10.6 Å². The van der Waals surface area contributed by atoms with Crippen molar-refractivity contribution < 1.29 is 14.6 Å². The zero-order valence-electron chi connectivity index (χ0n) is 14.2. The first kappa shape index (κ1) is 21.4. The Balaban J connectivity index is 1.87. The van der Waals surface area contributed by atoms with Crippen molar-refractivity contribution in [2.45, 2.75) is 5.16 Å². The molecule has 0 aliphatic rings. The number of aromatic amines is 1. The molecule has 10 heteroatoms. The van der Waals surface area contributed by atoms with E-state index < -0.39 is 5.97 Å². The van der Waals surface area contributed by atoms with Crippen LogP contribution < -0.4 is 4.74 Å². The van der Waals surface area contributed by atoms with Gasteiger partial charge in [-0.3, -0.25) is 5.10 Å². The molecule has 0 spiro atoms. The number of carboxylic acid groups (broad SMARTS) is 1. The topological polar surface area (TPSA) is 88.1 Å². The van der Waals surface area contributed by atoms with Crippen LogP contribution in [0.1, 0.15) is 5.56 Å². The molecule has 1 heterocycles. The lowest BCUT2D eigenvalue weighted by Gasteiger charge is -2.08. The van der Waals surface area contributed by atoms with Crippen molar-refractivity contribution in [3.05, 3.63) is 59.0 Å². The third-order valence-corrected chi connectivity index (χ3v) is 6.25. The second kappa shape index (κ2) is 9.46. The Bertz CT molecular complexity index is 1030. The standard InChI is InChI=1S/C18H12ClI2N3O3S/c1-27-15-12(20)6-9(7-13(15)21)8-14(17(25)26)28-18-22-16(23-24-18)10-2-4-11(19)5-3-10/h2-8H,1H3,(H,25,26)(H,22,23,24)/b14-8-. The molecule has 0 unspecified atom stereocenters. The number of nitrogens with zero attached hydrogens (tertiary/aromatic N) is 2. The lowest BCUT2D eigenvalue weighted by Crippen LogP contribution is -1.98. The summed E-state index contributed by atoms with van der Waals surface area (Å²) in [6.45, 7) is 0. The van der Waals surface area contributed by atoms with E-state index in [9.17, 15) is 9.90 Å². The fourth-order valence-corrected chi connectivity index (χ4v) is 5.36. The van der Waals surface area contributed by atoms with Crippen LogP contribution in [0.3, 0.4) is 0 Å². The van der Waals surface area contributed by atoms with Gasteiger partial charge < -0.3 is 9.84 Å². The van der Waals surface area contributed by atoms with Crippen LogP contribution in [-0.2, 0) is 4.79 Å². The smallest absolute Gasteiger partial charge is 0.342 e. The average Bonchev–Trinajstić information content (AvgIpc) is 3.10. The van der Waals surface area contributed by atoms with Gasteiger partial charge in [0.25, 0.3) is 0 Å². The molecule has 144 valence electrons. The van der Waals surface area contributed by atoms with Gasteiger partial charge in [-0.05, 0) is 105 Å². The summed E-state index contributed by atoms with van der Waals surface area (Å²) in [4.78, 5) is 16.2. The normalized spacial score (nSPS) is 11.5. The Labute approximate surface area is 197 Å². The monoisotopic (exact) mass is 639 g/mol. The second-order valence-electron chi connectivity index (χ2n) is 5.41. The molecule has 0 amide bonds. The highest BCUT2D eigenvalue weighted by molar-refractivity contribution is 14.1. The summed E-state index contributed by atoms with van der Waals surface area (Å²) < 4.78 is 7.14. The minimum absolute atomic E-state index is 0.110. The van der Waals surface area contributed by atoms with E-state index in [1.165, 1.54) is 0 Å². The van der Waals surface area contributed by atoms with E-state index in [1.807, 2.05) is 24.3 Å². The zero-order valence-corrected chi connectivity index (χ0v) is 20.1. The number of ether oxygens (including phenoxy) is 1. The van der Waals surface area contributed by atoms with Crippen molar-refractivity contribution in [3.63, 3.8) is 0 Å². The SMILES string of the molecule is COc1c(I)cc(/C=C(\Sc2n[nH]c(-c3ccc(Cl)cc3)n2)C(=O)O)cc1I. The van der Waals surface area contributed by atoms with E-state index in [4.69, 9.17) is 16.3 Å². The zero-order chi connectivity index (χ0) is 20.3. The number of thioether (sulfide) groups is 1. The summed E-state index contributed by atoms with van der Waals surface area (Å²) in [6.07, 6.45) is 1.59. The Morgan fingerprint density at radius 2 is 1.89 bits per heavy atom. The predicted molar refractivity (Wildman–Crippen MR) is 127 cm³/mol. The van der Waals surface area contributed by atoms with E-state index >= 15 is 0 Å². The highest BCUT2D eigenvalue weighted by atomic mass is 127. The lowest BCUT2D eigenvalue weighted by molar-refractivity contribution is -0.131. The number of aromatic nitrogens is 3. The largest absolute Gasteiger partial charge is 0.495 e. The van der Waals surface area contributed by atoms with Gasteiger partial charge >= 0.3 is 5.97 Å². The maximum atomic E-state index is 11.7. The molecule has 0 saturated heterocycles. The second-order valence-corrected chi connectivity index (χ2v) is 9.18. The summed E-state index contributed by atoms with van der Waals surface area (Å²) in [5.41, 5.74) is 1.57. The van der Waals surface area contributed by atoms with Crippen molar-refractivity contribution >= 4 is 80.6 Å². The fraction of sp³-hybridized carbons (Fsp3) is 0.0556. The van der Waals surface area contributed by atoms with Crippen molar-refractivity contribution in [2.75, 3.05) is 7.11 Å². The molecule has 0 atom stereocenters. The molecule has 6 nitrogen and oxygen atoms in total. The van der Waals surface area contributed by atoms with Gasteiger partial charge in [-0.1, -0.05) is 11.6 Å².